The molecule has 1 atom stereocenters. The normalized spacial score (nSPS) is 12.2. The summed E-state index contributed by atoms with van der Waals surface area (Å²) >= 11 is 0. The van der Waals surface area contributed by atoms with E-state index in [1.54, 1.807) is 0 Å². The fourth-order valence-electron chi connectivity index (χ4n) is 0.591. The standard InChI is InChI=1S/C6H12N2O3/c1-2-3-8(7-11)4-6(10)5-9/h2,6,9-10H,1,3-5H2. The Labute approximate surface area is 64.9 Å². The first-order valence-corrected chi connectivity index (χ1v) is 3.22. The van der Waals surface area contributed by atoms with Gasteiger partial charge in [0.1, 0.15) is 0 Å². The summed E-state index contributed by atoms with van der Waals surface area (Å²) in [5.74, 6) is 0. The van der Waals surface area contributed by atoms with E-state index in [-0.39, 0.29) is 19.7 Å². The zero-order valence-electron chi connectivity index (χ0n) is 6.18. The van der Waals surface area contributed by atoms with Gasteiger partial charge in [0.25, 0.3) is 0 Å². The monoisotopic (exact) mass is 160 g/mol. The highest BCUT2D eigenvalue weighted by molar-refractivity contribution is 4.72. The lowest BCUT2D eigenvalue weighted by Gasteiger charge is -2.15. The average molecular weight is 160 g/mol. The molecule has 0 spiro atoms. The molecule has 0 aromatic carbocycles. The second kappa shape index (κ2) is 5.82. The van der Waals surface area contributed by atoms with Gasteiger partial charge in [-0.1, -0.05) is 6.08 Å². The van der Waals surface area contributed by atoms with Crippen molar-refractivity contribution in [3.8, 4) is 0 Å². The molecular weight excluding hydrogens is 148 g/mol. The molecule has 5 heteroatoms. The number of nitrogens with zero attached hydrogens (tertiary/aromatic N) is 2. The summed E-state index contributed by atoms with van der Waals surface area (Å²) in [5, 5.41) is 20.9. The van der Waals surface area contributed by atoms with Crippen LogP contribution >= 0.6 is 0 Å². The van der Waals surface area contributed by atoms with Crippen LogP contribution in [0.25, 0.3) is 0 Å². The minimum atomic E-state index is -0.923. The van der Waals surface area contributed by atoms with Crippen molar-refractivity contribution in [3.63, 3.8) is 0 Å². The van der Waals surface area contributed by atoms with Gasteiger partial charge in [-0.25, -0.2) is 0 Å². The molecule has 0 saturated heterocycles. The van der Waals surface area contributed by atoms with Gasteiger partial charge in [-0.2, -0.15) is 0 Å². The molecule has 0 rings (SSSR count). The Bertz CT molecular complexity index is 129. The van der Waals surface area contributed by atoms with Crippen LogP contribution in [-0.4, -0.2) is 41.0 Å². The van der Waals surface area contributed by atoms with Crippen molar-refractivity contribution in [1.29, 1.82) is 0 Å². The van der Waals surface area contributed by atoms with Crippen LogP contribution in [0.5, 0.6) is 0 Å². The van der Waals surface area contributed by atoms with Gasteiger partial charge < -0.3 is 10.2 Å². The average Bonchev–Trinajstić information content (AvgIpc) is 2.03. The Kier molecular flexibility index (Phi) is 5.32. The molecule has 0 aliphatic rings. The zero-order chi connectivity index (χ0) is 8.69. The minimum Gasteiger partial charge on any atom is -0.394 e. The molecule has 0 aromatic rings. The van der Waals surface area contributed by atoms with Gasteiger partial charge in [0.05, 0.1) is 31.1 Å². The summed E-state index contributed by atoms with van der Waals surface area (Å²) in [7, 11) is 0. The summed E-state index contributed by atoms with van der Waals surface area (Å²) in [5.41, 5.74) is 0. The van der Waals surface area contributed by atoms with E-state index in [9.17, 15) is 4.91 Å². The number of hydrogen-bond acceptors (Lipinski definition) is 4. The highest BCUT2D eigenvalue weighted by atomic mass is 16.3. The third kappa shape index (κ3) is 4.46. The van der Waals surface area contributed by atoms with Crippen molar-refractivity contribution in [2.24, 2.45) is 5.29 Å². The summed E-state index contributed by atoms with van der Waals surface area (Å²) in [6.45, 7) is 3.34. The van der Waals surface area contributed by atoms with Gasteiger partial charge >= 0.3 is 0 Å². The summed E-state index contributed by atoms with van der Waals surface area (Å²) in [4.78, 5) is 9.98. The van der Waals surface area contributed by atoms with Crippen LogP contribution in [0, 0.1) is 4.91 Å². The van der Waals surface area contributed by atoms with Crippen molar-refractivity contribution in [1.82, 2.24) is 5.01 Å². The van der Waals surface area contributed by atoms with Gasteiger partial charge in [0.15, 0.2) is 0 Å². The molecule has 0 heterocycles. The molecule has 0 aromatic heterocycles. The van der Waals surface area contributed by atoms with Crippen LogP contribution in [0.4, 0.5) is 0 Å². The first-order chi connectivity index (χ1) is 5.24. The fraction of sp³-hybridized carbons (Fsp3) is 0.667. The van der Waals surface area contributed by atoms with Crippen molar-refractivity contribution in [2.45, 2.75) is 6.10 Å². The van der Waals surface area contributed by atoms with E-state index in [0.29, 0.717) is 0 Å². The lowest BCUT2D eigenvalue weighted by Crippen LogP contribution is -2.30. The number of aliphatic hydroxyl groups excluding tert-OH is 2. The second-order valence-electron chi connectivity index (χ2n) is 2.08. The predicted octanol–water partition coefficient (Wildman–Crippen LogP) is -0.491. The Morgan fingerprint density at radius 3 is 2.73 bits per heavy atom. The van der Waals surface area contributed by atoms with Crippen LogP contribution in [-0.2, 0) is 0 Å². The Hall–Kier alpha value is -0.940. The predicted molar refractivity (Wildman–Crippen MR) is 40.7 cm³/mol. The summed E-state index contributed by atoms with van der Waals surface area (Å²) in [6, 6.07) is 0. The molecule has 0 radical (unpaired) electrons. The Balaban J connectivity index is 3.66. The van der Waals surface area contributed by atoms with Crippen molar-refractivity contribution in [3.05, 3.63) is 17.6 Å². The molecule has 1 unspecified atom stereocenters. The van der Waals surface area contributed by atoms with E-state index in [4.69, 9.17) is 10.2 Å². The molecule has 0 amide bonds. The number of aliphatic hydroxyl groups is 2. The molecule has 0 bridgehead atoms. The van der Waals surface area contributed by atoms with Gasteiger partial charge in [-0.15, -0.1) is 11.5 Å². The molecule has 0 saturated carbocycles. The van der Waals surface area contributed by atoms with E-state index >= 15 is 0 Å². The van der Waals surface area contributed by atoms with Crippen LogP contribution in [0.2, 0.25) is 0 Å². The Morgan fingerprint density at radius 1 is 1.73 bits per heavy atom. The van der Waals surface area contributed by atoms with Gasteiger partial charge in [0, 0.05) is 0 Å². The molecule has 11 heavy (non-hydrogen) atoms. The largest absolute Gasteiger partial charge is 0.394 e. The Morgan fingerprint density at radius 2 is 2.36 bits per heavy atom. The molecule has 5 nitrogen and oxygen atoms in total. The second-order valence-corrected chi connectivity index (χ2v) is 2.08. The van der Waals surface area contributed by atoms with E-state index in [1.165, 1.54) is 6.08 Å². The smallest absolute Gasteiger partial charge is 0.0963 e. The van der Waals surface area contributed by atoms with Crippen molar-refractivity contribution >= 4 is 0 Å². The first-order valence-electron chi connectivity index (χ1n) is 3.22. The highest BCUT2D eigenvalue weighted by Gasteiger charge is 2.07. The summed E-state index contributed by atoms with van der Waals surface area (Å²) < 4.78 is 0. The van der Waals surface area contributed by atoms with Crippen molar-refractivity contribution < 1.29 is 10.2 Å². The van der Waals surface area contributed by atoms with Gasteiger partial charge in [0.2, 0.25) is 0 Å². The quantitative estimate of drug-likeness (QED) is 0.312. The fourth-order valence-corrected chi connectivity index (χ4v) is 0.591. The maximum absolute atomic E-state index is 9.98. The number of hydrogen-bond donors (Lipinski definition) is 2. The first kappa shape index (κ1) is 10.1. The minimum absolute atomic E-state index is 0.0337. The molecule has 0 fully saturated rings. The van der Waals surface area contributed by atoms with Gasteiger partial charge in [-0.3, -0.25) is 5.01 Å². The molecule has 2 N–H and O–H groups in total. The van der Waals surface area contributed by atoms with E-state index in [0.717, 1.165) is 5.01 Å². The van der Waals surface area contributed by atoms with Crippen molar-refractivity contribution in [2.75, 3.05) is 19.7 Å². The van der Waals surface area contributed by atoms with Crippen LogP contribution < -0.4 is 0 Å². The summed E-state index contributed by atoms with van der Waals surface area (Å²) in [6.07, 6.45) is 0.568. The number of rotatable bonds is 6. The molecule has 64 valence electrons. The zero-order valence-corrected chi connectivity index (χ0v) is 6.18. The maximum Gasteiger partial charge on any atom is 0.0963 e. The highest BCUT2D eigenvalue weighted by Crippen LogP contribution is 1.92. The number of nitroso groups, excluding NO2 is 1. The third-order valence-electron chi connectivity index (χ3n) is 1.09. The van der Waals surface area contributed by atoms with Crippen LogP contribution in [0.3, 0.4) is 0 Å². The van der Waals surface area contributed by atoms with Gasteiger partial charge in [-0.05, 0) is 0 Å². The molecule has 0 aliphatic carbocycles. The third-order valence-corrected chi connectivity index (χ3v) is 1.09. The van der Waals surface area contributed by atoms with E-state index in [1.807, 2.05) is 0 Å². The SMILES string of the molecule is C=CCN(CC(O)CO)N=O. The lowest BCUT2D eigenvalue weighted by molar-refractivity contribution is 0.0629. The maximum atomic E-state index is 9.98. The van der Waals surface area contributed by atoms with Crippen LogP contribution in [0.15, 0.2) is 17.9 Å². The topological polar surface area (TPSA) is 73.1 Å². The van der Waals surface area contributed by atoms with E-state index < -0.39 is 6.10 Å². The van der Waals surface area contributed by atoms with E-state index in [2.05, 4.69) is 11.9 Å². The molecule has 0 aliphatic heterocycles. The lowest BCUT2D eigenvalue weighted by atomic mass is 10.3. The molecular formula is C6H12N2O3. The van der Waals surface area contributed by atoms with Crippen LogP contribution in [0.1, 0.15) is 0 Å².